The van der Waals surface area contributed by atoms with Gasteiger partial charge in [-0.3, -0.25) is 4.79 Å². The highest BCUT2D eigenvalue weighted by Crippen LogP contribution is 2.28. The minimum absolute atomic E-state index is 0.0839. The number of rotatable bonds is 2. The zero-order chi connectivity index (χ0) is 10.8. The van der Waals surface area contributed by atoms with E-state index < -0.39 is 0 Å². The first-order chi connectivity index (χ1) is 7.18. The van der Waals surface area contributed by atoms with Crippen LogP contribution in [0, 0.1) is 6.92 Å². The minimum atomic E-state index is 0.0839. The maximum Gasteiger partial charge on any atom is 0.204 e. The molecule has 0 amide bonds. The summed E-state index contributed by atoms with van der Waals surface area (Å²) >= 11 is 4.93. The summed E-state index contributed by atoms with van der Waals surface area (Å²) in [7, 11) is 0. The van der Waals surface area contributed by atoms with Crippen molar-refractivity contribution in [2.24, 2.45) is 0 Å². The van der Waals surface area contributed by atoms with Crippen LogP contribution >= 0.6 is 27.3 Å². The summed E-state index contributed by atoms with van der Waals surface area (Å²) in [5.74, 6) is 0.0839. The summed E-state index contributed by atoms with van der Waals surface area (Å²) in [4.78, 5) is 14.0. The molecule has 2 aromatic rings. The second-order valence-corrected chi connectivity index (χ2v) is 5.34. The van der Waals surface area contributed by atoms with E-state index in [1.807, 2.05) is 43.3 Å². The van der Waals surface area contributed by atoms with Crippen molar-refractivity contribution in [2.75, 3.05) is 0 Å². The van der Waals surface area contributed by atoms with E-state index in [0.29, 0.717) is 0 Å². The smallest absolute Gasteiger partial charge is 0.204 e. The Bertz CT molecular complexity index is 488. The van der Waals surface area contributed by atoms with Crippen LogP contribution in [0.3, 0.4) is 0 Å². The Balaban J connectivity index is 2.41. The number of aryl methyl sites for hydroxylation is 1. The van der Waals surface area contributed by atoms with Crippen molar-refractivity contribution in [1.29, 1.82) is 0 Å². The van der Waals surface area contributed by atoms with Crippen molar-refractivity contribution in [1.82, 2.24) is 0 Å². The van der Waals surface area contributed by atoms with E-state index in [0.717, 1.165) is 19.8 Å². The molecule has 1 aromatic heterocycles. The van der Waals surface area contributed by atoms with E-state index in [9.17, 15) is 4.79 Å². The highest BCUT2D eigenvalue weighted by atomic mass is 79.9. The van der Waals surface area contributed by atoms with Gasteiger partial charge in [0.2, 0.25) is 5.78 Å². The van der Waals surface area contributed by atoms with Gasteiger partial charge in [0, 0.05) is 14.9 Å². The number of benzene rings is 1. The molecule has 1 heterocycles. The standard InChI is InChI=1S/C12H9BrOS/c1-8-7-10(13)12(15-8)11(14)9-5-3-2-4-6-9/h2-7H,1H3. The molecule has 0 aliphatic carbocycles. The number of hydrogen-bond donors (Lipinski definition) is 0. The molecule has 0 radical (unpaired) electrons. The van der Waals surface area contributed by atoms with Crippen molar-refractivity contribution in [2.45, 2.75) is 6.92 Å². The maximum absolute atomic E-state index is 12.1. The maximum atomic E-state index is 12.1. The molecule has 0 aliphatic rings. The van der Waals surface area contributed by atoms with Crippen LogP contribution in [0.5, 0.6) is 0 Å². The number of carbonyl (C=O) groups is 1. The Labute approximate surface area is 101 Å². The van der Waals surface area contributed by atoms with Gasteiger partial charge in [-0.05, 0) is 28.9 Å². The topological polar surface area (TPSA) is 17.1 Å². The van der Waals surface area contributed by atoms with Gasteiger partial charge in [0.1, 0.15) is 0 Å². The van der Waals surface area contributed by atoms with Crippen LogP contribution < -0.4 is 0 Å². The van der Waals surface area contributed by atoms with Crippen molar-refractivity contribution < 1.29 is 4.79 Å². The second-order valence-electron chi connectivity index (χ2n) is 3.23. The summed E-state index contributed by atoms with van der Waals surface area (Å²) in [5, 5.41) is 0. The van der Waals surface area contributed by atoms with Crippen LogP contribution in [0.15, 0.2) is 40.9 Å². The highest BCUT2D eigenvalue weighted by molar-refractivity contribution is 9.10. The molecule has 0 saturated heterocycles. The average Bonchev–Trinajstić information content (AvgIpc) is 2.58. The van der Waals surface area contributed by atoms with Crippen LogP contribution in [0.2, 0.25) is 0 Å². The molecule has 0 N–H and O–H groups in total. The highest BCUT2D eigenvalue weighted by Gasteiger charge is 2.14. The van der Waals surface area contributed by atoms with Gasteiger partial charge >= 0.3 is 0 Å². The summed E-state index contributed by atoms with van der Waals surface area (Å²) in [5.41, 5.74) is 0.736. The SMILES string of the molecule is Cc1cc(Br)c(C(=O)c2ccccc2)s1. The lowest BCUT2D eigenvalue weighted by molar-refractivity contribution is 0.104. The van der Waals surface area contributed by atoms with Crippen LogP contribution in [0.4, 0.5) is 0 Å². The van der Waals surface area contributed by atoms with Crippen molar-refractivity contribution in [3.05, 3.63) is 56.2 Å². The Kier molecular flexibility index (Phi) is 3.03. The third-order valence-electron chi connectivity index (χ3n) is 2.05. The van der Waals surface area contributed by atoms with E-state index >= 15 is 0 Å². The summed E-state index contributed by atoms with van der Waals surface area (Å²) in [6, 6.07) is 11.3. The van der Waals surface area contributed by atoms with Crippen LogP contribution in [-0.2, 0) is 0 Å². The largest absolute Gasteiger partial charge is 0.288 e. The third kappa shape index (κ3) is 2.19. The monoisotopic (exact) mass is 280 g/mol. The third-order valence-corrected chi connectivity index (χ3v) is 3.99. The van der Waals surface area contributed by atoms with E-state index in [-0.39, 0.29) is 5.78 Å². The normalized spacial score (nSPS) is 10.3. The van der Waals surface area contributed by atoms with Gasteiger partial charge in [0.05, 0.1) is 4.88 Å². The summed E-state index contributed by atoms with van der Waals surface area (Å²) in [6.07, 6.45) is 0. The molecule has 15 heavy (non-hydrogen) atoms. The van der Waals surface area contributed by atoms with Gasteiger partial charge in [0.25, 0.3) is 0 Å². The molecule has 3 heteroatoms. The fourth-order valence-corrected chi connectivity index (χ4v) is 3.14. The van der Waals surface area contributed by atoms with Crippen molar-refractivity contribution in [3.8, 4) is 0 Å². The van der Waals surface area contributed by atoms with E-state index in [1.54, 1.807) is 0 Å². The summed E-state index contributed by atoms with van der Waals surface area (Å²) in [6.45, 7) is 2.00. The zero-order valence-electron chi connectivity index (χ0n) is 8.16. The van der Waals surface area contributed by atoms with E-state index in [2.05, 4.69) is 15.9 Å². The molecule has 0 aliphatic heterocycles. The van der Waals surface area contributed by atoms with Crippen LogP contribution in [-0.4, -0.2) is 5.78 Å². The fraction of sp³-hybridized carbons (Fsp3) is 0.0833. The Morgan fingerprint density at radius 2 is 1.93 bits per heavy atom. The average molecular weight is 281 g/mol. The molecule has 0 saturated carbocycles. The molecule has 1 aromatic carbocycles. The number of hydrogen-bond acceptors (Lipinski definition) is 2. The molecule has 1 nitrogen and oxygen atoms in total. The van der Waals surface area contributed by atoms with Gasteiger partial charge in [-0.2, -0.15) is 0 Å². The minimum Gasteiger partial charge on any atom is -0.288 e. The van der Waals surface area contributed by atoms with Gasteiger partial charge in [-0.1, -0.05) is 30.3 Å². The quantitative estimate of drug-likeness (QED) is 0.759. The lowest BCUT2D eigenvalue weighted by atomic mass is 10.1. The molecule has 0 bridgehead atoms. The number of thiophene rings is 1. The lowest BCUT2D eigenvalue weighted by Crippen LogP contribution is -1.98. The summed E-state index contributed by atoms with van der Waals surface area (Å²) < 4.78 is 0.888. The molecular weight excluding hydrogens is 272 g/mol. The zero-order valence-corrected chi connectivity index (χ0v) is 10.6. The number of ketones is 1. The first-order valence-electron chi connectivity index (χ1n) is 4.54. The van der Waals surface area contributed by atoms with Crippen molar-refractivity contribution in [3.63, 3.8) is 0 Å². The van der Waals surface area contributed by atoms with Crippen LogP contribution in [0.1, 0.15) is 20.1 Å². The van der Waals surface area contributed by atoms with Crippen LogP contribution in [0.25, 0.3) is 0 Å². The van der Waals surface area contributed by atoms with Gasteiger partial charge < -0.3 is 0 Å². The molecule has 0 unspecified atom stereocenters. The Morgan fingerprint density at radius 3 is 2.47 bits per heavy atom. The molecular formula is C12H9BrOS. The van der Waals surface area contributed by atoms with Gasteiger partial charge in [-0.15, -0.1) is 11.3 Å². The van der Waals surface area contributed by atoms with E-state index in [1.165, 1.54) is 11.3 Å². The molecule has 76 valence electrons. The number of carbonyl (C=O) groups excluding carboxylic acids is 1. The molecule has 2 rings (SSSR count). The predicted molar refractivity (Wildman–Crippen MR) is 66.6 cm³/mol. The van der Waals surface area contributed by atoms with Crippen molar-refractivity contribution >= 4 is 33.0 Å². The number of halogens is 1. The molecule has 0 atom stereocenters. The lowest BCUT2D eigenvalue weighted by Gasteiger charge is -1.97. The Hall–Kier alpha value is -0.930. The Morgan fingerprint density at radius 1 is 1.27 bits per heavy atom. The van der Waals surface area contributed by atoms with Gasteiger partial charge in [0.15, 0.2) is 0 Å². The van der Waals surface area contributed by atoms with Gasteiger partial charge in [-0.25, -0.2) is 0 Å². The predicted octanol–water partition coefficient (Wildman–Crippen LogP) is 4.05. The molecule has 0 fully saturated rings. The first-order valence-corrected chi connectivity index (χ1v) is 6.15. The fourth-order valence-electron chi connectivity index (χ4n) is 1.36. The van der Waals surface area contributed by atoms with E-state index in [4.69, 9.17) is 0 Å². The molecule has 0 spiro atoms. The second kappa shape index (κ2) is 4.29. The first kappa shape index (κ1) is 10.6.